The average Bonchev–Trinajstić information content (AvgIpc) is 2.93. The highest BCUT2D eigenvalue weighted by Crippen LogP contribution is 2.32. The van der Waals surface area contributed by atoms with Crippen molar-refractivity contribution >= 4 is 18.0 Å². The molecule has 0 radical (unpaired) electrons. The van der Waals surface area contributed by atoms with Gasteiger partial charge in [-0.1, -0.05) is 55.0 Å². The van der Waals surface area contributed by atoms with E-state index in [1.807, 2.05) is 63.2 Å². The standard InChI is InChI=1S/C32H40N4O6/c1-7-32(6,29-34-20-25(28(39)40)27(38)35(29)21-23-12-9-8-10-13-23)36(26(37)24-16-14-22(2)15-17-24)19-11-18-33-30(41)42-31(3,4)5/h8-10,12-17,20H,7,11,18-19,21H2,1-6H3,(H,33,41)(H,39,40). The number of hydrogen-bond acceptors (Lipinski definition) is 6. The van der Waals surface area contributed by atoms with E-state index in [1.165, 1.54) is 4.57 Å². The van der Waals surface area contributed by atoms with Gasteiger partial charge in [-0.25, -0.2) is 14.6 Å². The summed E-state index contributed by atoms with van der Waals surface area (Å²) < 4.78 is 6.66. The molecular formula is C32H40N4O6. The number of alkyl carbamates (subject to hydrolysis) is 1. The number of aromatic carboxylic acids is 1. The van der Waals surface area contributed by atoms with Crippen molar-refractivity contribution in [1.82, 2.24) is 19.8 Å². The number of carbonyl (C=O) groups is 3. The van der Waals surface area contributed by atoms with Gasteiger partial charge in [-0.15, -0.1) is 0 Å². The lowest BCUT2D eigenvalue weighted by Gasteiger charge is -2.41. The van der Waals surface area contributed by atoms with Gasteiger partial charge in [-0.05, 0) is 65.2 Å². The van der Waals surface area contributed by atoms with Crippen LogP contribution in [0.25, 0.3) is 0 Å². The van der Waals surface area contributed by atoms with Gasteiger partial charge in [0, 0.05) is 24.8 Å². The number of amides is 2. The maximum atomic E-state index is 14.1. The quantitative estimate of drug-likeness (QED) is 0.308. The molecule has 0 aliphatic rings. The van der Waals surface area contributed by atoms with E-state index in [0.717, 1.165) is 17.3 Å². The molecule has 0 saturated heterocycles. The predicted octanol–water partition coefficient (Wildman–Crippen LogP) is 4.98. The Bertz CT molecular complexity index is 1460. The van der Waals surface area contributed by atoms with Gasteiger partial charge in [-0.3, -0.25) is 14.2 Å². The highest BCUT2D eigenvalue weighted by atomic mass is 16.6. The zero-order valence-corrected chi connectivity index (χ0v) is 25.1. The molecule has 0 spiro atoms. The topological polar surface area (TPSA) is 131 Å². The molecule has 1 heterocycles. The molecule has 1 unspecified atom stereocenters. The third-order valence-electron chi connectivity index (χ3n) is 7.00. The van der Waals surface area contributed by atoms with Crippen molar-refractivity contribution in [3.05, 3.63) is 99.2 Å². The van der Waals surface area contributed by atoms with Gasteiger partial charge in [0.2, 0.25) is 0 Å². The first-order valence-corrected chi connectivity index (χ1v) is 14.0. The van der Waals surface area contributed by atoms with Crippen LogP contribution in [0.1, 0.15) is 85.1 Å². The monoisotopic (exact) mass is 576 g/mol. The number of ether oxygens (including phenoxy) is 1. The van der Waals surface area contributed by atoms with Crippen LogP contribution in [-0.4, -0.2) is 56.2 Å². The number of aryl methyl sites for hydroxylation is 1. The number of benzene rings is 2. The Hall–Kier alpha value is -4.47. The van der Waals surface area contributed by atoms with Crippen LogP contribution in [0.2, 0.25) is 0 Å². The zero-order chi connectivity index (χ0) is 31.1. The van der Waals surface area contributed by atoms with Gasteiger partial charge in [0.25, 0.3) is 11.5 Å². The molecule has 3 aromatic rings. The minimum absolute atomic E-state index is 0.0749. The lowest BCUT2D eigenvalue weighted by molar-refractivity contribution is 0.0435. The maximum Gasteiger partial charge on any atom is 0.407 e. The number of carboxylic acids is 1. The van der Waals surface area contributed by atoms with E-state index in [0.29, 0.717) is 18.4 Å². The third kappa shape index (κ3) is 7.84. The van der Waals surface area contributed by atoms with Crippen LogP contribution in [0.3, 0.4) is 0 Å². The van der Waals surface area contributed by atoms with Crippen LogP contribution in [0.4, 0.5) is 4.79 Å². The summed E-state index contributed by atoms with van der Waals surface area (Å²) in [5, 5.41) is 12.4. The second-order valence-corrected chi connectivity index (χ2v) is 11.4. The molecule has 1 atom stereocenters. The highest BCUT2D eigenvalue weighted by molar-refractivity contribution is 5.95. The Morgan fingerprint density at radius 3 is 2.24 bits per heavy atom. The van der Waals surface area contributed by atoms with E-state index in [-0.39, 0.29) is 31.4 Å². The normalized spacial score (nSPS) is 12.7. The number of carboxylic acid groups (broad SMARTS) is 1. The molecule has 0 saturated carbocycles. The summed E-state index contributed by atoms with van der Waals surface area (Å²) in [6.07, 6.45) is 1.27. The minimum Gasteiger partial charge on any atom is -0.477 e. The molecule has 0 aliphatic heterocycles. The van der Waals surface area contributed by atoms with Gasteiger partial charge in [0.15, 0.2) is 0 Å². The SMILES string of the molecule is CCC(C)(c1ncc(C(=O)O)c(=O)n1Cc1ccccc1)N(CCCNC(=O)OC(C)(C)C)C(=O)c1ccc(C)cc1. The Balaban J connectivity index is 2.07. The number of rotatable bonds is 11. The number of nitrogens with one attached hydrogen (secondary N) is 1. The number of aromatic nitrogens is 2. The van der Waals surface area contributed by atoms with Crippen LogP contribution >= 0.6 is 0 Å². The van der Waals surface area contributed by atoms with Crippen molar-refractivity contribution in [3.63, 3.8) is 0 Å². The van der Waals surface area contributed by atoms with Gasteiger partial charge in [-0.2, -0.15) is 0 Å². The lowest BCUT2D eigenvalue weighted by atomic mass is 9.92. The Labute approximate surface area is 246 Å². The summed E-state index contributed by atoms with van der Waals surface area (Å²) in [5.74, 6) is -1.39. The van der Waals surface area contributed by atoms with Crippen LogP contribution in [0.5, 0.6) is 0 Å². The van der Waals surface area contributed by atoms with E-state index in [4.69, 9.17) is 4.74 Å². The second kappa shape index (κ2) is 13.5. The molecular weight excluding hydrogens is 536 g/mol. The van der Waals surface area contributed by atoms with Crippen molar-refractivity contribution < 1.29 is 24.2 Å². The maximum absolute atomic E-state index is 14.1. The fourth-order valence-electron chi connectivity index (χ4n) is 4.62. The smallest absolute Gasteiger partial charge is 0.407 e. The number of nitrogens with zero attached hydrogens (tertiary/aromatic N) is 3. The fourth-order valence-corrected chi connectivity index (χ4v) is 4.62. The van der Waals surface area contributed by atoms with E-state index in [1.54, 1.807) is 37.8 Å². The molecule has 0 aliphatic carbocycles. The molecule has 10 nitrogen and oxygen atoms in total. The zero-order valence-electron chi connectivity index (χ0n) is 25.1. The summed E-state index contributed by atoms with van der Waals surface area (Å²) in [6.45, 7) is 11.5. The summed E-state index contributed by atoms with van der Waals surface area (Å²) in [7, 11) is 0. The average molecular weight is 577 g/mol. The number of hydrogen-bond donors (Lipinski definition) is 2. The van der Waals surface area contributed by atoms with E-state index < -0.39 is 34.3 Å². The first-order valence-electron chi connectivity index (χ1n) is 14.0. The molecule has 42 heavy (non-hydrogen) atoms. The minimum atomic E-state index is -1.38. The van der Waals surface area contributed by atoms with Crippen LogP contribution in [0, 0.1) is 6.92 Å². The number of carbonyl (C=O) groups excluding carboxylic acids is 2. The molecule has 224 valence electrons. The lowest BCUT2D eigenvalue weighted by Crippen LogP contribution is -2.51. The molecule has 1 aromatic heterocycles. The van der Waals surface area contributed by atoms with Crippen LogP contribution in [-0.2, 0) is 16.8 Å². The summed E-state index contributed by atoms with van der Waals surface area (Å²) in [6, 6.07) is 16.4. The second-order valence-electron chi connectivity index (χ2n) is 11.4. The molecule has 10 heteroatoms. The first kappa shape index (κ1) is 32.0. The molecule has 2 aromatic carbocycles. The van der Waals surface area contributed by atoms with Crippen molar-refractivity contribution in [2.45, 2.75) is 72.1 Å². The Morgan fingerprint density at radius 1 is 1.02 bits per heavy atom. The predicted molar refractivity (Wildman–Crippen MR) is 160 cm³/mol. The Kier molecular flexibility index (Phi) is 10.3. The van der Waals surface area contributed by atoms with Gasteiger partial charge < -0.3 is 20.1 Å². The largest absolute Gasteiger partial charge is 0.477 e. The van der Waals surface area contributed by atoms with Gasteiger partial charge in [0.1, 0.15) is 17.0 Å². The third-order valence-corrected chi connectivity index (χ3v) is 7.00. The van der Waals surface area contributed by atoms with Crippen molar-refractivity contribution in [2.75, 3.05) is 13.1 Å². The van der Waals surface area contributed by atoms with Crippen molar-refractivity contribution in [2.24, 2.45) is 0 Å². The first-order chi connectivity index (χ1) is 19.8. The molecule has 0 bridgehead atoms. The van der Waals surface area contributed by atoms with Gasteiger partial charge >= 0.3 is 12.1 Å². The summed E-state index contributed by atoms with van der Waals surface area (Å²) >= 11 is 0. The van der Waals surface area contributed by atoms with Crippen LogP contribution < -0.4 is 10.9 Å². The van der Waals surface area contributed by atoms with E-state index in [9.17, 15) is 24.3 Å². The van der Waals surface area contributed by atoms with Crippen molar-refractivity contribution in [1.29, 1.82) is 0 Å². The molecule has 3 rings (SSSR count). The molecule has 0 fully saturated rings. The van der Waals surface area contributed by atoms with Gasteiger partial charge in [0.05, 0.1) is 12.1 Å². The fraction of sp³-hybridized carbons (Fsp3) is 0.406. The summed E-state index contributed by atoms with van der Waals surface area (Å²) in [5.41, 5.74) is -0.675. The van der Waals surface area contributed by atoms with Crippen LogP contribution in [0.15, 0.2) is 65.6 Å². The van der Waals surface area contributed by atoms with E-state index >= 15 is 0 Å². The summed E-state index contributed by atoms with van der Waals surface area (Å²) in [4.78, 5) is 57.8. The highest BCUT2D eigenvalue weighted by Gasteiger charge is 2.40. The van der Waals surface area contributed by atoms with E-state index in [2.05, 4.69) is 10.3 Å². The molecule has 2 amide bonds. The Morgan fingerprint density at radius 2 is 1.67 bits per heavy atom. The van der Waals surface area contributed by atoms with Crippen molar-refractivity contribution in [3.8, 4) is 0 Å². The molecule has 2 N–H and O–H groups in total.